The van der Waals surface area contributed by atoms with Crippen molar-refractivity contribution in [1.82, 2.24) is 0 Å². The molecule has 1 heteroatoms. The lowest BCUT2D eigenvalue weighted by Gasteiger charge is -2.04. The van der Waals surface area contributed by atoms with Gasteiger partial charge in [0.25, 0.3) is 0 Å². The quantitative estimate of drug-likeness (QED) is 0.411. The van der Waals surface area contributed by atoms with Crippen LogP contribution in [0.5, 0.6) is 5.75 Å². The molecule has 0 fully saturated rings. The zero-order valence-electron chi connectivity index (χ0n) is 13.6. The van der Waals surface area contributed by atoms with Crippen molar-refractivity contribution in [2.75, 3.05) is 7.11 Å². The molecule has 1 nitrogen and oxygen atoms in total. The summed E-state index contributed by atoms with van der Waals surface area (Å²) in [6, 6.07) is 27.6. The first kappa shape index (κ1) is 14.5. The van der Waals surface area contributed by atoms with Gasteiger partial charge in [-0.1, -0.05) is 66.7 Å². The minimum Gasteiger partial charge on any atom is -0.497 e. The molecule has 24 heavy (non-hydrogen) atoms. The molecule has 0 aliphatic heterocycles. The van der Waals surface area contributed by atoms with Crippen molar-refractivity contribution in [3.05, 3.63) is 90.0 Å². The molecule has 0 aliphatic rings. The van der Waals surface area contributed by atoms with Crippen molar-refractivity contribution >= 4 is 33.7 Å². The summed E-state index contributed by atoms with van der Waals surface area (Å²) in [5.41, 5.74) is 2.41. The molecular formula is C23H18O. The van der Waals surface area contributed by atoms with Crippen LogP contribution in [0.3, 0.4) is 0 Å². The normalized spacial score (nSPS) is 11.4. The molecule has 0 unspecified atom stereocenters. The Kier molecular flexibility index (Phi) is 3.76. The average Bonchev–Trinajstić information content (AvgIpc) is 2.65. The molecule has 0 heterocycles. The molecule has 0 atom stereocenters. The Morgan fingerprint density at radius 1 is 0.583 bits per heavy atom. The lowest BCUT2D eigenvalue weighted by Crippen LogP contribution is -1.82. The number of rotatable bonds is 3. The van der Waals surface area contributed by atoms with Crippen LogP contribution in [-0.2, 0) is 0 Å². The Balaban J connectivity index is 1.65. The Morgan fingerprint density at radius 3 is 1.83 bits per heavy atom. The molecule has 0 aromatic heterocycles. The smallest absolute Gasteiger partial charge is 0.119 e. The lowest BCUT2D eigenvalue weighted by molar-refractivity contribution is 0.415. The monoisotopic (exact) mass is 310 g/mol. The van der Waals surface area contributed by atoms with Crippen LogP contribution in [0.2, 0.25) is 0 Å². The Bertz CT molecular complexity index is 1040. The molecular weight excluding hydrogens is 292 g/mol. The molecule has 0 spiro atoms. The second kappa shape index (κ2) is 6.21. The van der Waals surface area contributed by atoms with Gasteiger partial charge in [-0.05, 0) is 56.9 Å². The predicted octanol–water partition coefficient (Wildman–Crippen LogP) is 6.17. The van der Waals surface area contributed by atoms with E-state index >= 15 is 0 Å². The van der Waals surface area contributed by atoms with Crippen molar-refractivity contribution in [2.45, 2.75) is 0 Å². The van der Waals surface area contributed by atoms with Gasteiger partial charge in [0.1, 0.15) is 5.75 Å². The van der Waals surface area contributed by atoms with Gasteiger partial charge in [-0.15, -0.1) is 0 Å². The van der Waals surface area contributed by atoms with E-state index in [2.05, 4.69) is 84.9 Å². The van der Waals surface area contributed by atoms with Crippen LogP contribution in [0.25, 0.3) is 33.7 Å². The third-order valence-corrected chi connectivity index (χ3v) is 4.31. The van der Waals surface area contributed by atoms with E-state index < -0.39 is 0 Å². The van der Waals surface area contributed by atoms with Crippen molar-refractivity contribution < 1.29 is 4.74 Å². The highest BCUT2D eigenvalue weighted by Crippen LogP contribution is 2.23. The molecule has 0 radical (unpaired) electrons. The van der Waals surface area contributed by atoms with Gasteiger partial charge in [-0.25, -0.2) is 0 Å². The topological polar surface area (TPSA) is 9.23 Å². The second-order valence-electron chi connectivity index (χ2n) is 5.91. The van der Waals surface area contributed by atoms with Crippen molar-refractivity contribution in [1.29, 1.82) is 0 Å². The Labute approximate surface area is 141 Å². The summed E-state index contributed by atoms with van der Waals surface area (Å²) in [5, 5.41) is 4.95. The first-order valence-electron chi connectivity index (χ1n) is 8.06. The summed E-state index contributed by atoms with van der Waals surface area (Å²) in [6.07, 6.45) is 4.32. The number of fused-ring (bicyclic) bond motifs is 2. The fourth-order valence-corrected chi connectivity index (χ4v) is 2.98. The standard InChI is InChI=1S/C23H18O/c1-24-23-13-12-21-15-18(9-11-22(21)16-23)7-6-17-8-10-19-4-2-3-5-20(19)14-17/h2-16H,1H3/b7-6-. The van der Waals surface area contributed by atoms with E-state index in [0.717, 1.165) is 5.75 Å². The fourth-order valence-electron chi connectivity index (χ4n) is 2.98. The predicted molar refractivity (Wildman–Crippen MR) is 103 cm³/mol. The first-order valence-corrected chi connectivity index (χ1v) is 8.06. The zero-order valence-corrected chi connectivity index (χ0v) is 13.6. The van der Waals surface area contributed by atoms with Crippen molar-refractivity contribution in [3.63, 3.8) is 0 Å². The summed E-state index contributed by atoms with van der Waals surface area (Å²) in [6.45, 7) is 0. The zero-order chi connectivity index (χ0) is 16.4. The third kappa shape index (κ3) is 2.89. The highest BCUT2D eigenvalue weighted by atomic mass is 16.5. The minimum absolute atomic E-state index is 0.891. The number of hydrogen-bond donors (Lipinski definition) is 0. The van der Waals surface area contributed by atoms with Crippen LogP contribution in [0, 0.1) is 0 Å². The third-order valence-electron chi connectivity index (χ3n) is 4.31. The molecule has 0 amide bonds. The van der Waals surface area contributed by atoms with Gasteiger partial charge in [-0.2, -0.15) is 0 Å². The average molecular weight is 310 g/mol. The first-order chi connectivity index (χ1) is 11.8. The van der Waals surface area contributed by atoms with Gasteiger partial charge >= 0.3 is 0 Å². The highest BCUT2D eigenvalue weighted by Gasteiger charge is 1.98. The number of ether oxygens (including phenoxy) is 1. The Hall–Kier alpha value is -3.06. The molecule has 4 aromatic rings. The van der Waals surface area contributed by atoms with Gasteiger partial charge in [0, 0.05) is 0 Å². The fraction of sp³-hybridized carbons (Fsp3) is 0.0435. The van der Waals surface area contributed by atoms with Crippen molar-refractivity contribution in [3.8, 4) is 5.75 Å². The number of benzene rings is 4. The second-order valence-corrected chi connectivity index (χ2v) is 5.91. The lowest BCUT2D eigenvalue weighted by atomic mass is 10.0. The molecule has 4 aromatic carbocycles. The molecule has 0 saturated heterocycles. The largest absolute Gasteiger partial charge is 0.497 e. The summed E-state index contributed by atoms with van der Waals surface area (Å²) in [4.78, 5) is 0. The van der Waals surface area contributed by atoms with E-state index in [-0.39, 0.29) is 0 Å². The van der Waals surface area contributed by atoms with E-state index in [1.54, 1.807) is 7.11 Å². The summed E-state index contributed by atoms with van der Waals surface area (Å²) < 4.78 is 5.28. The van der Waals surface area contributed by atoms with Crippen LogP contribution in [0.1, 0.15) is 11.1 Å². The van der Waals surface area contributed by atoms with Crippen LogP contribution in [-0.4, -0.2) is 7.11 Å². The minimum atomic E-state index is 0.891. The van der Waals surface area contributed by atoms with Crippen LogP contribution in [0.15, 0.2) is 78.9 Å². The SMILES string of the molecule is COc1ccc2cc(/C=C\c3ccc4ccccc4c3)ccc2c1. The van der Waals surface area contributed by atoms with E-state index in [9.17, 15) is 0 Å². The van der Waals surface area contributed by atoms with E-state index in [1.165, 1.54) is 32.7 Å². The molecule has 0 N–H and O–H groups in total. The van der Waals surface area contributed by atoms with Crippen LogP contribution >= 0.6 is 0 Å². The van der Waals surface area contributed by atoms with E-state index in [1.807, 2.05) is 6.07 Å². The molecule has 0 saturated carbocycles. The highest BCUT2D eigenvalue weighted by molar-refractivity contribution is 5.88. The molecule has 116 valence electrons. The maximum atomic E-state index is 5.28. The van der Waals surface area contributed by atoms with Crippen molar-refractivity contribution in [2.24, 2.45) is 0 Å². The van der Waals surface area contributed by atoms with Gasteiger partial charge in [-0.3, -0.25) is 0 Å². The summed E-state index contributed by atoms with van der Waals surface area (Å²) in [7, 11) is 1.70. The van der Waals surface area contributed by atoms with Crippen LogP contribution in [0.4, 0.5) is 0 Å². The number of hydrogen-bond acceptors (Lipinski definition) is 1. The summed E-state index contributed by atoms with van der Waals surface area (Å²) in [5.74, 6) is 0.891. The summed E-state index contributed by atoms with van der Waals surface area (Å²) >= 11 is 0. The van der Waals surface area contributed by atoms with Crippen LogP contribution < -0.4 is 4.74 Å². The van der Waals surface area contributed by atoms with E-state index in [0.29, 0.717) is 0 Å². The Morgan fingerprint density at radius 2 is 1.12 bits per heavy atom. The molecule has 4 rings (SSSR count). The van der Waals surface area contributed by atoms with E-state index in [4.69, 9.17) is 4.74 Å². The van der Waals surface area contributed by atoms with Gasteiger partial charge in [0.2, 0.25) is 0 Å². The van der Waals surface area contributed by atoms with Gasteiger partial charge in [0.15, 0.2) is 0 Å². The number of methoxy groups -OCH3 is 1. The molecule has 0 aliphatic carbocycles. The van der Waals surface area contributed by atoms with Gasteiger partial charge in [0.05, 0.1) is 7.11 Å². The molecule has 0 bridgehead atoms. The maximum Gasteiger partial charge on any atom is 0.119 e. The maximum absolute atomic E-state index is 5.28. The van der Waals surface area contributed by atoms with Gasteiger partial charge < -0.3 is 4.74 Å².